The molecule has 112 valence electrons. The molecule has 20 heavy (non-hydrogen) atoms. The minimum Gasteiger partial charge on any atom is -0.381 e. The molecule has 1 saturated heterocycles. The Bertz CT molecular complexity index is 508. The van der Waals surface area contributed by atoms with Crippen molar-refractivity contribution in [2.45, 2.75) is 51.6 Å². The zero-order valence-electron chi connectivity index (χ0n) is 12.8. The normalized spacial score (nSPS) is 19.0. The molecule has 0 saturated carbocycles. The van der Waals surface area contributed by atoms with Crippen LogP contribution in [0.15, 0.2) is 6.07 Å². The van der Waals surface area contributed by atoms with Gasteiger partial charge in [-0.2, -0.15) is 0 Å². The summed E-state index contributed by atoms with van der Waals surface area (Å²) in [5.74, 6) is 0.847. The summed E-state index contributed by atoms with van der Waals surface area (Å²) in [6.45, 7) is 10.5. The number of ether oxygens (including phenoxy) is 2. The van der Waals surface area contributed by atoms with Crippen LogP contribution in [0.3, 0.4) is 0 Å². The number of nitrogens with zero attached hydrogens (tertiary/aromatic N) is 1. The largest absolute Gasteiger partial charge is 0.381 e. The lowest BCUT2D eigenvalue weighted by Crippen LogP contribution is -2.39. The van der Waals surface area contributed by atoms with Crippen LogP contribution in [-0.4, -0.2) is 29.8 Å². The first-order valence-electron chi connectivity index (χ1n) is 7.21. The molecular formula is C15H24N2O2S. The van der Waals surface area contributed by atoms with E-state index in [2.05, 4.69) is 30.7 Å². The van der Waals surface area contributed by atoms with Gasteiger partial charge in [0.15, 0.2) is 0 Å². The fraction of sp³-hybridized carbons (Fsp3) is 0.733. The zero-order chi connectivity index (χ0) is 14.8. The molecular weight excluding hydrogens is 272 g/mol. The molecule has 5 heteroatoms. The second-order valence-corrected chi connectivity index (χ2v) is 6.69. The second-order valence-electron chi connectivity index (χ2n) is 6.27. The van der Waals surface area contributed by atoms with E-state index in [0.717, 1.165) is 24.4 Å². The molecule has 1 aliphatic rings. The maximum Gasteiger partial charge on any atom is 0.140 e. The average Bonchev–Trinajstić information content (AvgIpc) is 2.38. The summed E-state index contributed by atoms with van der Waals surface area (Å²) < 4.78 is 12.2. The van der Waals surface area contributed by atoms with Crippen molar-refractivity contribution in [3.8, 4) is 0 Å². The highest BCUT2D eigenvalue weighted by atomic mass is 32.1. The Balaban J connectivity index is 2.48. The molecule has 0 aromatic carbocycles. The van der Waals surface area contributed by atoms with E-state index in [4.69, 9.17) is 21.7 Å². The molecule has 1 aromatic heterocycles. The van der Waals surface area contributed by atoms with Crippen molar-refractivity contribution in [1.29, 1.82) is 0 Å². The summed E-state index contributed by atoms with van der Waals surface area (Å²) >= 11 is 5.34. The van der Waals surface area contributed by atoms with E-state index in [1.165, 1.54) is 0 Å². The van der Waals surface area contributed by atoms with Crippen molar-refractivity contribution < 1.29 is 9.47 Å². The van der Waals surface area contributed by atoms with Crippen LogP contribution >= 0.6 is 12.2 Å². The Morgan fingerprint density at radius 2 is 2.05 bits per heavy atom. The molecule has 0 amide bonds. The monoisotopic (exact) mass is 296 g/mol. The van der Waals surface area contributed by atoms with E-state index in [1.807, 2.05) is 13.0 Å². The molecule has 0 bridgehead atoms. The third-order valence-corrected chi connectivity index (χ3v) is 3.91. The standard InChI is InChI=1S/C15H24N2O2S/c1-5-19-15(6-8-18-9-7-15)13-16-11(14(2,3)4)10-12(20)17-13/h10H,5-9H2,1-4H3,(H,16,17,20). The SMILES string of the molecule is CCOC1(c2nc(=S)cc(C(C)(C)C)[nH]2)CCOCC1. The predicted octanol–water partition coefficient (Wildman–Crippen LogP) is 3.48. The fourth-order valence-corrected chi connectivity index (χ4v) is 2.71. The summed E-state index contributed by atoms with van der Waals surface area (Å²) in [4.78, 5) is 8.00. The van der Waals surface area contributed by atoms with Gasteiger partial charge >= 0.3 is 0 Å². The number of H-pyrrole nitrogens is 1. The third kappa shape index (κ3) is 3.27. The lowest BCUT2D eigenvalue weighted by atomic mass is 9.89. The maximum absolute atomic E-state index is 6.06. The average molecular weight is 296 g/mol. The maximum atomic E-state index is 6.06. The van der Waals surface area contributed by atoms with Gasteiger partial charge in [-0.3, -0.25) is 0 Å². The van der Waals surface area contributed by atoms with Crippen LogP contribution in [0, 0.1) is 4.64 Å². The van der Waals surface area contributed by atoms with Gasteiger partial charge in [-0.05, 0) is 13.0 Å². The van der Waals surface area contributed by atoms with Crippen LogP contribution in [0.2, 0.25) is 0 Å². The van der Waals surface area contributed by atoms with Crippen LogP contribution in [0.5, 0.6) is 0 Å². The summed E-state index contributed by atoms with van der Waals surface area (Å²) in [5, 5.41) is 0. The Hall–Kier alpha value is -0.780. The summed E-state index contributed by atoms with van der Waals surface area (Å²) in [6, 6.07) is 1.94. The van der Waals surface area contributed by atoms with E-state index in [1.54, 1.807) is 0 Å². The number of hydrogen-bond donors (Lipinski definition) is 1. The van der Waals surface area contributed by atoms with Crippen molar-refractivity contribution in [2.75, 3.05) is 19.8 Å². The topological polar surface area (TPSA) is 47.1 Å². The predicted molar refractivity (Wildman–Crippen MR) is 81.5 cm³/mol. The molecule has 2 rings (SSSR count). The van der Waals surface area contributed by atoms with Gasteiger partial charge in [0.05, 0.1) is 0 Å². The molecule has 0 spiro atoms. The minimum absolute atomic E-state index is 0.00379. The number of rotatable bonds is 3. The van der Waals surface area contributed by atoms with Gasteiger partial charge in [-0.1, -0.05) is 33.0 Å². The molecule has 1 aliphatic heterocycles. The Kier molecular flexibility index (Phi) is 4.62. The fourth-order valence-electron chi connectivity index (χ4n) is 2.50. The van der Waals surface area contributed by atoms with Crippen LogP contribution in [0.25, 0.3) is 0 Å². The first-order valence-corrected chi connectivity index (χ1v) is 7.62. The molecule has 2 heterocycles. The van der Waals surface area contributed by atoms with Crippen molar-refractivity contribution in [1.82, 2.24) is 9.97 Å². The number of aromatic amines is 1. The van der Waals surface area contributed by atoms with Gasteiger partial charge in [-0.15, -0.1) is 0 Å². The molecule has 1 fully saturated rings. The smallest absolute Gasteiger partial charge is 0.140 e. The molecule has 0 aliphatic carbocycles. The Morgan fingerprint density at radius 3 is 2.60 bits per heavy atom. The Morgan fingerprint density at radius 1 is 1.40 bits per heavy atom. The van der Waals surface area contributed by atoms with Crippen molar-refractivity contribution in [2.24, 2.45) is 0 Å². The van der Waals surface area contributed by atoms with Gasteiger partial charge in [-0.25, -0.2) is 4.98 Å². The zero-order valence-corrected chi connectivity index (χ0v) is 13.6. The third-order valence-electron chi connectivity index (χ3n) is 3.70. The molecule has 0 radical (unpaired) electrons. The van der Waals surface area contributed by atoms with Gasteiger partial charge in [0.25, 0.3) is 0 Å². The molecule has 0 atom stereocenters. The van der Waals surface area contributed by atoms with Gasteiger partial charge in [0, 0.05) is 43.8 Å². The number of aromatic nitrogens is 2. The van der Waals surface area contributed by atoms with Gasteiger partial charge in [0.1, 0.15) is 16.1 Å². The van der Waals surface area contributed by atoms with Crippen molar-refractivity contribution >= 4 is 12.2 Å². The second kappa shape index (κ2) is 5.92. The van der Waals surface area contributed by atoms with E-state index >= 15 is 0 Å². The van der Waals surface area contributed by atoms with E-state index in [0.29, 0.717) is 24.5 Å². The molecule has 1 N–H and O–H groups in total. The first-order chi connectivity index (χ1) is 9.37. The number of nitrogens with one attached hydrogen (secondary N) is 1. The van der Waals surface area contributed by atoms with Gasteiger partial charge < -0.3 is 14.5 Å². The van der Waals surface area contributed by atoms with Crippen molar-refractivity contribution in [3.05, 3.63) is 22.2 Å². The highest BCUT2D eigenvalue weighted by Crippen LogP contribution is 2.35. The number of hydrogen-bond acceptors (Lipinski definition) is 4. The quantitative estimate of drug-likeness (QED) is 0.868. The van der Waals surface area contributed by atoms with E-state index in [9.17, 15) is 0 Å². The van der Waals surface area contributed by atoms with Gasteiger partial charge in [0.2, 0.25) is 0 Å². The highest BCUT2D eigenvalue weighted by molar-refractivity contribution is 7.71. The Labute approximate surface area is 125 Å². The van der Waals surface area contributed by atoms with Crippen LogP contribution in [0.4, 0.5) is 0 Å². The molecule has 0 unspecified atom stereocenters. The van der Waals surface area contributed by atoms with Crippen molar-refractivity contribution in [3.63, 3.8) is 0 Å². The lowest BCUT2D eigenvalue weighted by Gasteiger charge is -2.36. The first kappa shape index (κ1) is 15.6. The van der Waals surface area contributed by atoms with E-state index in [-0.39, 0.29) is 11.0 Å². The highest BCUT2D eigenvalue weighted by Gasteiger charge is 2.38. The van der Waals surface area contributed by atoms with E-state index < -0.39 is 0 Å². The molecule has 4 nitrogen and oxygen atoms in total. The van der Waals surface area contributed by atoms with Crippen LogP contribution in [-0.2, 0) is 20.5 Å². The summed E-state index contributed by atoms with van der Waals surface area (Å²) in [5.41, 5.74) is 0.712. The molecule has 1 aromatic rings. The summed E-state index contributed by atoms with van der Waals surface area (Å²) in [6.07, 6.45) is 1.62. The minimum atomic E-state index is -0.387. The lowest BCUT2D eigenvalue weighted by molar-refractivity contribution is -0.118. The van der Waals surface area contributed by atoms with Crippen LogP contribution in [0.1, 0.15) is 52.1 Å². The summed E-state index contributed by atoms with van der Waals surface area (Å²) in [7, 11) is 0. The van der Waals surface area contributed by atoms with Crippen LogP contribution < -0.4 is 0 Å².